The zero-order valence-electron chi connectivity index (χ0n) is 21.1. The van der Waals surface area contributed by atoms with Crippen LogP contribution in [0.2, 0.25) is 0 Å². The number of aryl methyl sites for hydroxylation is 1. The van der Waals surface area contributed by atoms with E-state index in [0.717, 1.165) is 53.9 Å². The highest BCUT2D eigenvalue weighted by atomic mass is 16.3. The number of carbonyl (C=O) groups is 1. The first-order valence-corrected chi connectivity index (χ1v) is 12.0. The average molecular weight is 451 g/mol. The Kier molecular flexibility index (Phi) is 8.14. The van der Waals surface area contributed by atoms with Crippen LogP contribution in [0.4, 0.5) is 0 Å². The summed E-state index contributed by atoms with van der Waals surface area (Å²) < 4.78 is 5.64. The molecule has 0 aliphatic carbocycles. The molecule has 2 aliphatic heterocycles. The Bertz CT molecular complexity index is 1060. The van der Waals surface area contributed by atoms with Gasteiger partial charge in [0, 0.05) is 38.3 Å². The Morgan fingerprint density at radius 3 is 2.58 bits per heavy atom. The molecule has 4 rings (SSSR count). The van der Waals surface area contributed by atoms with Crippen molar-refractivity contribution in [1.29, 1.82) is 0 Å². The summed E-state index contributed by atoms with van der Waals surface area (Å²) in [4.78, 5) is 24.0. The minimum absolute atomic E-state index is 0.0103. The molecule has 1 saturated heterocycles. The molecule has 1 aromatic carbocycles. The Hall–Kier alpha value is -2.86. The number of rotatable bonds is 4. The van der Waals surface area contributed by atoms with Crippen LogP contribution in [-0.2, 0) is 4.79 Å². The number of amides is 1. The lowest BCUT2D eigenvalue weighted by molar-refractivity contribution is -0.124. The molecule has 2 aromatic rings. The third-order valence-electron chi connectivity index (χ3n) is 6.36. The van der Waals surface area contributed by atoms with Crippen LogP contribution in [0.1, 0.15) is 52.0 Å². The van der Waals surface area contributed by atoms with E-state index in [4.69, 9.17) is 4.42 Å². The van der Waals surface area contributed by atoms with Gasteiger partial charge in [0.25, 0.3) is 5.91 Å². The van der Waals surface area contributed by atoms with E-state index >= 15 is 0 Å². The monoisotopic (exact) mass is 450 g/mol. The molecule has 33 heavy (non-hydrogen) atoms. The van der Waals surface area contributed by atoms with Gasteiger partial charge in [0.1, 0.15) is 5.52 Å². The molecule has 0 N–H and O–H groups in total. The normalized spacial score (nSPS) is 19.6. The summed E-state index contributed by atoms with van der Waals surface area (Å²) in [6.45, 7) is 11.9. The van der Waals surface area contributed by atoms with E-state index in [0.29, 0.717) is 11.9 Å². The van der Waals surface area contributed by atoms with Gasteiger partial charge in [0.2, 0.25) is 0 Å². The third kappa shape index (κ3) is 5.74. The maximum Gasteiger partial charge on any atom is 0.251 e. The second-order valence-electron chi connectivity index (χ2n) is 8.82. The molecule has 1 atom stereocenters. The van der Waals surface area contributed by atoms with Crippen molar-refractivity contribution in [1.82, 2.24) is 19.7 Å². The van der Waals surface area contributed by atoms with Gasteiger partial charge in [-0.3, -0.25) is 4.79 Å². The van der Waals surface area contributed by atoms with E-state index in [9.17, 15) is 4.79 Å². The molecule has 0 saturated carbocycles. The van der Waals surface area contributed by atoms with Crippen molar-refractivity contribution in [2.75, 3.05) is 27.2 Å². The predicted octanol–water partition coefficient (Wildman–Crippen LogP) is 5.22. The fourth-order valence-electron chi connectivity index (χ4n) is 4.35. The molecular weight excluding hydrogens is 412 g/mol. The van der Waals surface area contributed by atoms with E-state index in [1.807, 2.05) is 63.9 Å². The minimum Gasteiger partial charge on any atom is -0.441 e. The zero-order chi connectivity index (χ0) is 24.1. The van der Waals surface area contributed by atoms with Gasteiger partial charge in [-0.05, 0) is 70.1 Å². The van der Waals surface area contributed by atoms with E-state index in [1.54, 1.807) is 6.08 Å². The van der Waals surface area contributed by atoms with Crippen molar-refractivity contribution in [3.8, 4) is 0 Å². The van der Waals surface area contributed by atoms with Gasteiger partial charge in [-0.15, -0.1) is 0 Å². The van der Waals surface area contributed by atoms with Crippen LogP contribution in [0.5, 0.6) is 0 Å². The van der Waals surface area contributed by atoms with Gasteiger partial charge in [-0.1, -0.05) is 26.0 Å². The number of nitrogens with zero attached hydrogens (tertiary/aromatic N) is 4. The van der Waals surface area contributed by atoms with E-state index in [-0.39, 0.29) is 11.9 Å². The van der Waals surface area contributed by atoms with Gasteiger partial charge < -0.3 is 19.1 Å². The van der Waals surface area contributed by atoms with Gasteiger partial charge >= 0.3 is 0 Å². The number of carbonyl (C=O) groups excluding carboxylic acids is 1. The van der Waals surface area contributed by atoms with Crippen LogP contribution in [0.3, 0.4) is 0 Å². The Morgan fingerprint density at radius 2 is 1.91 bits per heavy atom. The highest BCUT2D eigenvalue weighted by molar-refractivity contribution is 5.96. The highest BCUT2D eigenvalue weighted by Crippen LogP contribution is 2.25. The highest BCUT2D eigenvalue weighted by Gasteiger charge is 2.25. The van der Waals surface area contributed by atoms with E-state index in [1.165, 1.54) is 0 Å². The van der Waals surface area contributed by atoms with Crippen LogP contribution in [-0.4, -0.2) is 64.9 Å². The number of benzene rings is 1. The van der Waals surface area contributed by atoms with Crippen LogP contribution in [0.25, 0.3) is 16.7 Å². The van der Waals surface area contributed by atoms with Gasteiger partial charge in [0.15, 0.2) is 11.5 Å². The molecule has 1 aromatic heterocycles. The fraction of sp³-hybridized carbons (Fsp3) is 0.481. The average Bonchev–Trinajstić information content (AvgIpc) is 3.19. The standard InChI is InChI=1S/C25H32N4O2.C2H6/c1-17(20-7-9-23-24(15-20)31-19(3)26-23)14-25(30)29-16-22(8-6-18(29)2)28-12-10-21(11-13-28)27(4)5;1-2/h6-9,14-16,18,21H,10-13H2,1-5H3;1-2H3/b17-14+;. The Morgan fingerprint density at radius 1 is 1.21 bits per heavy atom. The molecule has 1 amide bonds. The van der Waals surface area contributed by atoms with Crippen molar-refractivity contribution < 1.29 is 9.21 Å². The topological polar surface area (TPSA) is 52.8 Å². The van der Waals surface area contributed by atoms with Crippen molar-refractivity contribution in [2.24, 2.45) is 0 Å². The van der Waals surface area contributed by atoms with E-state index < -0.39 is 0 Å². The fourth-order valence-corrected chi connectivity index (χ4v) is 4.35. The van der Waals surface area contributed by atoms with Crippen molar-refractivity contribution in [3.63, 3.8) is 0 Å². The smallest absolute Gasteiger partial charge is 0.251 e. The second-order valence-corrected chi connectivity index (χ2v) is 8.82. The molecule has 0 bridgehead atoms. The number of aromatic nitrogens is 1. The first-order valence-electron chi connectivity index (χ1n) is 12.0. The maximum absolute atomic E-state index is 13.1. The molecule has 1 unspecified atom stereocenters. The number of fused-ring (bicyclic) bond motifs is 1. The zero-order valence-corrected chi connectivity index (χ0v) is 21.1. The lowest BCUT2D eigenvalue weighted by Gasteiger charge is -2.39. The summed E-state index contributed by atoms with van der Waals surface area (Å²) in [5.41, 5.74) is 4.57. The van der Waals surface area contributed by atoms with Gasteiger partial charge in [0.05, 0.1) is 11.7 Å². The summed E-state index contributed by atoms with van der Waals surface area (Å²) in [5, 5.41) is 0. The SMILES string of the molecule is C/C(=C\C(=O)N1C=C(N2CCC(N(C)C)CC2)C=CC1C)c1ccc2nc(C)oc2c1.CC. The lowest BCUT2D eigenvalue weighted by Crippen LogP contribution is -2.43. The molecule has 6 heteroatoms. The van der Waals surface area contributed by atoms with Gasteiger partial charge in [-0.25, -0.2) is 4.98 Å². The number of hydrogen-bond acceptors (Lipinski definition) is 5. The molecular formula is C27H38N4O2. The quantitative estimate of drug-likeness (QED) is 0.598. The van der Waals surface area contributed by atoms with Crippen molar-refractivity contribution >= 4 is 22.6 Å². The van der Waals surface area contributed by atoms with Crippen LogP contribution < -0.4 is 0 Å². The minimum atomic E-state index is -0.0103. The van der Waals surface area contributed by atoms with Crippen molar-refractivity contribution in [2.45, 2.75) is 59.5 Å². The Balaban J connectivity index is 0.00000149. The summed E-state index contributed by atoms with van der Waals surface area (Å²) in [5.74, 6) is 0.634. The van der Waals surface area contributed by atoms with Crippen LogP contribution in [0, 0.1) is 6.92 Å². The number of oxazole rings is 1. The molecule has 3 heterocycles. The second kappa shape index (κ2) is 10.8. The molecule has 178 valence electrons. The molecule has 0 radical (unpaired) electrons. The van der Waals surface area contributed by atoms with Crippen LogP contribution in [0.15, 0.2) is 52.7 Å². The van der Waals surface area contributed by atoms with Crippen LogP contribution >= 0.6 is 0 Å². The first kappa shape index (κ1) is 24.8. The summed E-state index contributed by atoms with van der Waals surface area (Å²) in [6, 6.07) is 6.53. The summed E-state index contributed by atoms with van der Waals surface area (Å²) in [6.07, 6.45) is 10.3. The number of likely N-dealkylation sites (tertiary alicyclic amines) is 1. The third-order valence-corrected chi connectivity index (χ3v) is 6.36. The molecule has 6 nitrogen and oxygen atoms in total. The number of hydrogen-bond donors (Lipinski definition) is 0. The predicted molar refractivity (Wildman–Crippen MR) is 136 cm³/mol. The number of piperidine rings is 1. The van der Waals surface area contributed by atoms with Gasteiger partial charge in [-0.2, -0.15) is 0 Å². The Labute approximate surface area is 198 Å². The molecule has 2 aliphatic rings. The lowest BCUT2D eigenvalue weighted by atomic mass is 10.0. The summed E-state index contributed by atoms with van der Waals surface area (Å²) in [7, 11) is 4.30. The van der Waals surface area contributed by atoms with Crippen molar-refractivity contribution in [3.05, 3.63) is 59.8 Å². The van der Waals surface area contributed by atoms with E-state index in [2.05, 4.69) is 41.0 Å². The largest absolute Gasteiger partial charge is 0.441 e. The molecule has 0 spiro atoms. The summed E-state index contributed by atoms with van der Waals surface area (Å²) >= 11 is 0. The maximum atomic E-state index is 13.1. The molecule has 1 fully saturated rings. The number of allylic oxidation sites excluding steroid dienone is 2. The first-order chi connectivity index (χ1) is 15.8.